The Bertz CT molecular complexity index is 643. The van der Waals surface area contributed by atoms with Crippen LogP contribution in [0.15, 0.2) is 22.9 Å². The first kappa shape index (κ1) is 14.4. The molecular formula is C16H18N2O2S2. The molecule has 1 unspecified atom stereocenters. The number of thiophene rings is 1. The van der Waals surface area contributed by atoms with Crippen LogP contribution in [0.25, 0.3) is 9.88 Å². The lowest BCUT2D eigenvalue weighted by atomic mass is 10.1. The van der Waals surface area contributed by atoms with Crippen molar-refractivity contribution in [3.8, 4) is 9.88 Å². The lowest BCUT2D eigenvalue weighted by Crippen LogP contribution is -2.37. The van der Waals surface area contributed by atoms with Gasteiger partial charge in [-0.15, -0.1) is 22.7 Å². The number of amides is 1. The second-order valence-corrected chi connectivity index (χ2v) is 7.74. The minimum absolute atomic E-state index is 0.0912. The third-order valence-corrected chi connectivity index (χ3v) is 6.06. The topological polar surface area (TPSA) is 42.4 Å². The number of thiazole rings is 1. The summed E-state index contributed by atoms with van der Waals surface area (Å²) < 4.78 is 5.45. The van der Waals surface area contributed by atoms with Gasteiger partial charge in [-0.25, -0.2) is 4.98 Å². The van der Waals surface area contributed by atoms with Gasteiger partial charge in [0, 0.05) is 30.5 Å². The summed E-state index contributed by atoms with van der Waals surface area (Å²) in [6.07, 6.45) is 3.32. The molecule has 2 fully saturated rings. The van der Waals surface area contributed by atoms with E-state index in [4.69, 9.17) is 4.74 Å². The van der Waals surface area contributed by atoms with Crippen LogP contribution in [0.5, 0.6) is 0 Å². The Morgan fingerprint density at radius 2 is 2.27 bits per heavy atom. The van der Waals surface area contributed by atoms with Crippen molar-refractivity contribution in [3.05, 3.63) is 28.6 Å². The second kappa shape index (κ2) is 6.10. The monoisotopic (exact) mass is 334 g/mol. The summed E-state index contributed by atoms with van der Waals surface area (Å²) in [5.41, 5.74) is 0.596. The summed E-state index contributed by atoms with van der Waals surface area (Å²) in [5, 5.41) is 4.88. The van der Waals surface area contributed by atoms with Gasteiger partial charge in [0.1, 0.15) is 10.7 Å². The van der Waals surface area contributed by atoms with E-state index in [1.807, 2.05) is 27.8 Å². The number of carbonyl (C=O) groups is 1. The molecule has 4 rings (SSSR count). The molecule has 1 aliphatic heterocycles. The highest BCUT2D eigenvalue weighted by Gasteiger charge is 2.36. The number of ether oxygens (including phenoxy) is 1. The van der Waals surface area contributed by atoms with Gasteiger partial charge >= 0.3 is 0 Å². The first-order valence-electron chi connectivity index (χ1n) is 7.69. The van der Waals surface area contributed by atoms with E-state index in [2.05, 4.69) is 4.98 Å². The highest BCUT2D eigenvalue weighted by atomic mass is 32.1. The molecule has 4 nitrogen and oxygen atoms in total. The molecule has 1 saturated carbocycles. The van der Waals surface area contributed by atoms with Crippen LogP contribution in [-0.2, 0) is 4.74 Å². The fourth-order valence-electron chi connectivity index (χ4n) is 2.82. The van der Waals surface area contributed by atoms with Crippen molar-refractivity contribution < 1.29 is 9.53 Å². The maximum atomic E-state index is 12.8. The fourth-order valence-corrected chi connectivity index (χ4v) is 4.43. The molecule has 0 spiro atoms. The van der Waals surface area contributed by atoms with Crippen LogP contribution in [0.4, 0.5) is 0 Å². The maximum absolute atomic E-state index is 12.8. The Balaban J connectivity index is 1.51. The summed E-state index contributed by atoms with van der Waals surface area (Å²) in [6, 6.07) is 4.48. The van der Waals surface area contributed by atoms with Crippen molar-refractivity contribution in [2.75, 3.05) is 19.8 Å². The molecule has 0 bridgehead atoms. The summed E-state index contributed by atoms with van der Waals surface area (Å²) >= 11 is 3.22. The van der Waals surface area contributed by atoms with Crippen LogP contribution in [0, 0.1) is 5.92 Å². The number of rotatable bonds is 5. The molecule has 3 heterocycles. The first-order valence-corrected chi connectivity index (χ1v) is 9.45. The molecule has 1 saturated heterocycles. The van der Waals surface area contributed by atoms with Crippen LogP contribution >= 0.6 is 22.7 Å². The summed E-state index contributed by atoms with van der Waals surface area (Å²) in [4.78, 5) is 20.6. The lowest BCUT2D eigenvalue weighted by Gasteiger charge is -2.24. The zero-order valence-electron chi connectivity index (χ0n) is 12.2. The summed E-state index contributed by atoms with van der Waals surface area (Å²) in [6.45, 7) is 2.43. The normalized spacial score (nSPS) is 21.2. The average molecular weight is 334 g/mol. The van der Waals surface area contributed by atoms with E-state index in [0.29, 0.717) is 17.7 Å². The highest BCUT2D eigenvalue weighted by Crippen LogP contribution is 2.32. The predicted molar refractivity (Wildman–Crippen MR) is 88.4 cm³/mol. The van der Waals surface area contributed by atoms with Crippen LogP contribution in [0.3, 0.4) is 0 Å². The molecule has 0 N–H and O–H groups in total. The second-order valence-electron chi connectivity index (χ2n) is 5.93. The highest BCUT2D eigenvalue weighted by molar-refractivity contribution is 7.20. The number of carbonyl (C=O) groups excluding carboxylic acids is 1. The molecule has 0 aromatic carbocycles. The first-order chi connectivity index (χ1) is 10.8. The summed E-state index contributed by atoms with van der Waals surface area (Å²) in [5.74, 6) is 0.577. The Morgan fingerprint density at radius 3 is 2.95 bits per heavy atom. The van der Waals surface area contributed by atoms with Gasteiger partial charge in [0.15, 0.2) is 0 Å². The zero-order valence-corrected chi connectivity index (χ0v) is 13.9. The molecule has 1 atom stereocenters. The van der Waals surface area contributed by atoms with E-state index < -0.39 is 0 Å². The van der Waals surface area contributed by atoms with Crippen molar-refractivity contribution in [1.29, 1.82) is 0 Å². The van der Waals surface area contributed by atoms with E-state index in [1.165, 1.54) is 0 Å². The van der Waals surface area contributed by atoms with E-state index in [9.17, 15) is 4.79 Å². The minimum Gasteiger partial charge on any atom is -0.381 e. The minimum atomic E-state index is 0.0912. The predicted octanol–water partition coefficient (Wildman–Crippen LogP) is 3.51. The number of nitrogens with zero attached hydrogens (tertiary/aromatic N) is 2. The molecule has 22 heavy (non-hydrogen) atoms. The van der Waals surface area contributed by atoms with Crippen molar-refractivity contribution in [2.24, 2.45) is 5.92 Å². The molecule has 1 aliphatic carbocycles. The maximum Gasteiger partial charge on any atom is 0.273 e. The Labute approximate surface area is 137 Å². The third kappa shape index (κ3) is 2.95. The fraction of sp³-hybridized carbons (Fsp3) is 0.500. The van der Waals surface area contributed by atoms with Crippen LogP contribution in [0.1, 0.15) is 29.8 Å². The van der Waals surface area contributed by atoms with Gasteiger partial charge in [-0.1, -0.05) is 6.07 Å². The van der Waals surface area contributed by atoms with Crippen molar-refractivity contribution in [3.63, 3.8) is 0 Å². The van der Waals surface area contributed by atoms with E-state index >= 15 is 0 Å². The number of hydrogen-bond donors (Lipinski definition) is 0. The molecule has 0 radical (unpaired) electrons. The Kier molecular flexibility index (Phi) is 3.98. The molecule has 1 amide bonds. The largest absolute Gasteiger partial charge is 0.381 e. The Morgan fingerprint density at radius 1 is 1.36 bits per heavy atom. The third-order valence-electron chi connectivity index (χ3n) is 4.18. The number of aromatic nitrogens is 1. The van der Waals surface area contributed by atoms with E-state index in [-0.39, 0.29) is 5.91 Å². The quantitative estimate of drug-likeness (QED) is 0.840. The molecule has 6 heteroatoms. The number of hydrogen-bond acceptors (Lipinski definition) is 5. The van der Waals surface area contributed by atoms with E-state index in [1.54, 1.807) is 22.7 Å². The SMILES string of the molecule is O=C(c1csc(-c2cccs2)n1)N(CC1CCOC1)C1CC1. The molecular weight excluding hydrogens is 316 g/mol. The molecule has 116 valence electrons. The summed E-state index contributed by atoms with van der Waals surface area (Å²) in [7, 11) is 0. The smallest absolute Gasteiger partial charge is 0.273 e. The van der Waals surface area contributed by atoms with E-state index in [0.717, 1.165) is 48.9 Å². The van der Waals surface area contributed by atoms with Crippen molar-refractivity contribution >= 4 is 28.6 Å². The standard InChI is InChI=1S/C16H18N2O2S2/c19-16(13-10-22-15(17-13)14-2-1-7-21-14)18(12-3-4-12)8-11-5-6-20-9-11/h1-2,7,10-12H,3-6,8-9H2. The van der Waals surface area contributed by atoms with Gasteiger partial charge in [0.25, 0.3) is 5.91 Å². The average Bonchev–Trinajstić information content (AvgIpc) is 3.01. The lowest BCUT2D eigenvalue weighted by molar-refractivity contribution is 0.0701. The van der Waals surface area contributed by atoms with Crippen LogP contribution in [0.2, 0.25) is 0 Å². The zero-order chi connectivity index (χ0) is 14.9. The van der Waals surface area contributed by atoms with Gasteiger partial charge in [-0.2, -0.15) is 0 Å². The molecule has 2 aromatic rings. The van der Waals surface area contributed by atoms with Gasteiger partial charge in [0.05, 0.1) is 11.5 Å². The molecule has 2 aromatic heterocycles. The van der Waals surface area contributed by atoms with Gasteiger partial charge in [-0.05, 0) is 30.7 Å². The van der Waals surface area contributed by atoms with Gasteiger partial charge in [-0.3, -0.25) is 4.79 Å². The van der Waals surface area contributed by atoms with Crippen molar-refractivity contribution in [1.82, 2.24) is 9.88 Å². The van der Waals surface area contributed by atoms with Crippen molar-refractivity contribution in [2.45, 2.75) is 25.3 Å². The van der Waals surface area contributed by atoms with Crippen LogP contribution in [-0.4, -0.2) is 41.6 Å². The Hall–Kier alpha value is -1.24. The van der Waals surface area contributed by atoms with Gasteiger partial charge in [0.2, 0.25) is 0 Å². The van der Waals surface area contributed by atoms with Crippen LogP contribution < -0.4 is 0 Å². The van der Waals surface area contributed by atoms with Gasteiger partial charge < -0.3 is 9.64 Å². The molecule has 2 aliphatic rings.